The third kappa shape index (κ3) is 4.48. The molecule has 4 nitrogen and oxygen atoms in total. The van der Waals surface area contributed by atoms with Crippen molar-refractivity contribution in [1.82, 2.24) is 0 Å². The van der Waals surface area contributed by atoms with E-state index in [4.69, 9.17) is 44.0 Å². The standard InChI is InChI=1S/C18H12Cl3NO3/c19-11-5-7-13(20)15(9-11)22-18(23)17-8-6-12(25-17)10-24-16-4-2-1-3-14(16)21/h1-9H,10H2,(H,22,23). The van der Waals surface area contributed by atoms with Crippen molar-refractivity contribution in [2.45, 2.75) is 6.61 Å². The number of carbonyl (C=O) groups excluding carboxylic acids is 1. The number of benzene rings is 2. The zero-order chi connectivity index (χ0) is 17.8. The van der Waals surface area contributed by atoms with Crippen LogP contribution in [0.3, 0.4) is 0 Å². The molecule has 1 amide bonds. The predicted molar refractivity (Wildman–Crippen MR) is 98.9 cm³/mol. The van der Waals surface area contributed by atoms with Gasteiger partial charge in [0, 0.05) is 5.02 Å². The molecule has 0 unspecified atom stereocenters. The van der Waals surface area contributed by atoms with Gasteiger partial charge >= 0.3 is 0 Å². The molecule has 25 heavy (non-hydrogen) atoms. The lowest BCUT2D eigenvalue weighted by molar-refractivity contribution is 0.0992. The number of anilines is 1. The van der Waals surface area contributed by atoms with E-state index in [1.54, 1.807) is 42.5 Å². The number of halogens is 3. The first kappa shape index (κ1) is 17.7. The predicted octanol–water partition coefficient (Wildman–Crippen LogP) is 6.07. The zero-order valence-corrected chi connectivity index (χ0v) is 15.0. The van der Waals surface area contributed by atoms with Crippen molar-refractivity contribution in [3.63, 3.8) is 0 Å². The van der Waals surface area contributed by atoms with Crippen LogP contribution < -0.4 is 10.1 Å². The summed E-state index contributed by atoms with van der Waals surface area (Å²) < 4.78 is 11.1. The van der Waals surface area contributed by atoms with Gasteiger partial charge in [0.1, 0.15) is 18.1 Å². The lowest BCUT2D eigenvalue weighted by atomic mass is 10.3. The van der Waals surface area contributed by atoms with Gasteiger partial charge in [-0.3, -0.25) is 4.79 Å². The average Bonchev–Trinajstić information content (AvgIpc) is 3.06. The van der Waals surface area contributed by atoms with Crippen LogP contribution in [0.5, 0.6) is 5.75 Å². The number of furan rings is 1. The molecule has 0 atom stereocenters. The summed E-state index contributed by atoms with van der Waals surface area (Å²) in [4.78, 5) is 12.3. The van der Waals surface area contributed by atoms with Crippen LogP contribution >= 0.6 is 34.8 Å². The molecule has 0 radical (unpaired) electrons. The Hall–Kier alpha value is -2.14. The van der Waals surface area contributed by atoms with Crippen molar-refractivity contribution in [3.8, 4) is 5.75 Å². The van der Waals surface area contributed by atoms with Gasteiger partial charge in [0.2, 0.25) is 0 Å². The van der Waals surface area contributed by atoms with Gasteiger partial charge in [-0.2, -0.15) is 0 Å². The van der Waals surface area contributed by atoms with Crippen molar-refractivity contribution in [3.05, 3.63) is 81.2 Å². The lowest BCUT2D eigenvalue weighted by Gasteiger charge is -2.07. The summed E-state index contributed by atoms with van der Waals surface area (Å²) in [5, 5.41) is 4.00. The molecule has 0 aliphatic rings. The normalized spacial score (nSPS) is 10.5. The Morgan fingerprint density at radius 2 is 1.80 bits per heavy atom. The maximum absolute atomic E-state index is 12.3. The van der Waals surface area contributed by atoms with Crippen LogP contribution in [0.15, 0.2) is 59.0 Å². The van der Waals surface area contributed by atoms with Crippen LogP contribution in [0.4, 0.5) is 5.69 Å². The topological polar surface area (TPSA) is 51.5 Å². The molecule has 3 aromatic rings. The van der Waals surface area contributed by atoms with Crippen molar-refractivity contribution in [1.29, 1.82) is 0 Å². The number of amides is 1. The summed E-state index contributed by atoms with van der Waals surface area (Å²) in [6, 6.07) is 15.1. The smallest absolute Gasteiger partial charge is 0.291 e. The van der Waals surface area contributed by atoms with Crippen molar-refractivity contribution < 1.29 is 13.9 Å². The van der Waals surface area contributed by atoms with E-state index >= 15 is 0 Å². The van der Waals surface area contributed by atoms with E-state index in [9.17, 15) is 4.79 Å². The molecule has 1 aromatic heterocycles. The number of nitrogens with one attached hydrogen (secondary N) is 1. The maximum atomic E-state index is 12.3. The minimum Gasteiger partial charge on any atom is -0.484 e. The van der Waals surface area contributed by atoms with Crippen LogP contribution in [-0.2, 0) is 6.61 Å². The summed E-state index contributed by atoms with van der Waals surface area (Å²) in [6.45, 7) is 0.148. The van der Waals surface area contributed by atoms with Crippen LogP contribution in [0.2, 0.25) is 15.1 Å². The van der Waals surface area contributed by atoms with E-state index in [1.165, 1.54) is 0 Å². The van der Waals surface area contributed by atoms with Crippen LogP contribution in [0, 0.1) is 0 Å². The minimum atomic E-state index is -0.437. The quantitative estimate of drug-likeness (QED) is 0.569. The molecule has 0 bridgehead atoms. The monoisotopic (exact) mass is 395 g/mol. The maximum Gasteiger partial charge on any atom is 0.291 e. The molecule has 128 valence electrons. The fourth-order valence-electron chi connectivity index (χ4n) is 2.07. The largest absolute Gasteiger partial charge is 0.484 e. The first-order chi connectivity index (χ1) is 12.0. The van der Waals surface area contributed by atoms with Gasteiger partial charge in [-0.1, -0.05) is 46.9 Å². The number of para-hydroxylation sites is 1. The fourth-order valence-corrected chi connectivity index (χ4v) is 2.59. The number of carbonyl (C=O) groups is 1. The molecule has 0 aliphatic carbocycles. The molecule has 2 aromatic carbocycles. The van der Waals surface area contributed by atoms with Gasteiger partial charge < -0.3 is 14.5 Å². The van der Waals surface area contributed by atoms with Crippen molar-refractivity contribution >= 4 is 46.4 Å². The molecule has 0 saturated heterocycles. The van der Waals surface area contributed by atoms with Gasteiger partial charge in [0.05, 0.1) is 15.7 Å². The Kier molecular flexibility index (Phi) is 5.53. The molecule has 0 aliphatic heterocycles. The van der Waals surface area contributed by atoms with E-state index in [0.717, 1.165) is 0 Å². The third-order valence-electron chi connectivity index (χ3n) is 3.27. The molecule has 7 heteroatoms. The van der Waals surface area contributed by atoms with E-state index in [2.05, 4.69) is 5.32 Å². The molecule has 1 heterocycles. The number of hydrogen-bond acceptors (Lipinski definition) is 3. The molecule has 0 fully saturated rings. The molecule has 3 rings (SSSR count). The van der Waals surface area contributed by atoms with E-state index in [-0.39, 0.29) is 12.4 Å². The van der Waals surface area contributed by atoms with Gasteiger partial charge in [-0.15, -0.1) is 0 Å². The molecule has 0 saturated carbocycles. The lowest BCUT2D eigenvalue weighted by Crippen LogP contribution is -2.11. The fraction of sp³-hybridized carbons (Fsp3) is 0.0556. The summed E-state index contributed by atoms with van der Waals surface area (Å²) in [5.74, 6) is 0.724. The molecule has 1 N–H and O–H groups in total. The number of rotatable bonds is 5. The minimum absolute atomic E-state index is 0.133. The van der Waals surface area contributed by atoms with E-state index < -0.39 is 5.91 Å². The summed E-state index contributed by atoms with van der Waals surface area (Å²) in [5.41, 5.74) is 0.407. The average molecular weight is 397 g/mol. The highest BCUT2D eigenvalue weighted by Gasteiger charge is 2.14. The highest BCUT2D eigenvalue weighted by molar-refractivity contribution is 6.35. The SMILES string of the molecule is O=C(Nc1cc(Cl)ccc1Cl)c1ccc(COc2ccccc2Cl)o1. The first-order valence-corrected chi connectivity index (χ1v) is 8.39. The van der Waals surface area contributed by atoms with Crippen LogP contribution in [0.1, 0.15) is 16.3 Å². The Morgan fingerprint density at radius 1 is 1.00 bits per heavy atom. The second kappa shape index (κ2) is 7.83. The van der Waals surface area contributed by atoms with Gasteiger partial charge in [0.25, 0.3) is 5.91 Å². The molecular weight excluding hydrogens is 385 g/mol. The van der Waals surface area contributed by atoms with E-state index in [0.29, 0.717) is 32.3 Å². The Balaban J connectivity index is 1.65. The highest BCUT2D eigenvalue weighted by atomic mass is 35.5. The Labute approximate surface area is 159 Å². The van der Waals surface area contributed by atoms with E-state index in [1.807, 2.05) is 12.1 Å². The zero-order valence-electron chi connectivity index (χ0n) is 12.8. The number of hydrogen-bond donors (Lipinski definition) is 1. The molecular formula is C18H12Cl3NO3. The van der Waals surface area contributed by atoms with Crippen molar-refractivity contribution in [2.24, 2.45) is 0 Å². The number of ether oxygens (including phenoxy) is 1. The van der Waals surface area contributed by atoms with Gasteiger partial charge in [0.15, 0.2) is 5.76 Å². The van der Waals surface area contributed by atoms with Crippen LogP contribution in [-0.4, -0.2) is 5.91 Å². The molecule has 0 spiro atoms. The second-order valence-electron chi connectivity index (χ2n) is 5.06. The van der Waals surface area contributed by atoms with Crippen LogP contribution in [0.25, 0.3) is 0 Å². The first-order valence-electron chi connectivity index (χ1n) is 7.25. The summed E-state index contributed by atoms with van der Waals surface area (Å²) in [6.07, 6.45) is 0. The van der Waals surface area contributed by atoms with Crippen molar-refractivity contribution in [2.75, 3.05) is 5.32 Å². The second-order valence-corrected chi connectivity index (χ2v) is 6.31. The Morgan fingerprint density at radius 3 is 2.60 bits per heavy atom. The summed E-state index contributed by atoms with van der Waals surface area (Å²) in [7, 11) is 0. The van der Waals surface area contributed by atoms with Gasteiger partial charge in [-0.05, 0) is 42.5 Å². The highest BCUT2D eigenvalue weighted by Crippen LogP contribution is 2.27. The Bertz CT molecular complexity index is 908. The summed E-state index contributed by atoms with van der Waals surface area (Å²) >= 11 is 18.0. The third-order valence-corrected chi connectivity index (χ3v) is 4.15. The van der Waals surface area contributed by atoms with Gasteiger partial charge in [-0.25, -0.2) is 0 Å².